The van der Waals surface area contributed by atoms with E-state index in [-0.39, 0.29) is 35.2 Å². The van der Waals surface area contributed by atoms with Gasteiger partial charge in [0.05, 0.1) is 11.1 Å². The second-order valence-electron chi connectivity index (χ2n) is 8.36. The molecule has 1 aromatic rings. The zero-order valence-corrected chi connectivity index (χ0v) is 16.9. The Bertz CT molecular complexity index is 833. The molecule has 0 atom stereocenters. The highest BCUT2D eigenvalue weighted by atomic mass is 16.2. The van der Waals surface area contributed by atoms with E-state index in [4.69, 9.17) is 0 Å². The number of rotatable bonds is 3. The molecule has 7 nitrogen and oxygen atoms in total. The normalized spacial score (nSPS) is 17.7. The molecule has 1 N–H and O–H groups in total. The maximum absolute atomic E-state index is 12.9. The minimum Gasteiger partial charge on any atom is -0.353 e. The van der Waals surface area contributed by atoms with E-state index in [9.17, 15) is 19.2 Å². The van der Waals surface area contributed by atoms with Gasteiger partial charge in [-0.25, -0.2) is 0 Å². The Hall–Kier alpha value is -2.70. The number of imide groups is 1. The van der Waals surface area contributed by atoms with Crippen molar-refractivity contribution in [1.82, 2.24) is 15.1 Å². The van der Waals surface area contributed by atoms with E-state index in [0.29, 0.717) is 43.5 Å². The third-order valence-electron chi connectivity index (χ3n) is 5.27. The first-order chi connectivity index (χ1) is 13.1. The fourth-order valence-electron chi connectivity index (χ4n) is 3.72. The third kappa shape index (κ3) is 3.66. The summed E-state index contributed by atoms with van der Waals surface area (Å²) >= 11 is 0. The smallest absolute Gasteiger partial charge is 0.262 e. The molecule has 0 radical (unpaired) electrons. The molecule has 4 amide bonds. The van der Waals surface area contributed by atoms with Crippen LogP contribution in [0.5, 0.6) is 0 Å². The van der Waals surface area contributed by atoms with Crippen molar-refractivity contribution in [3.05, 3.63) is 34.9 Å². The first-order valence-corrected chi connectivity index (χ1v) is 9.75. The standard InChI is InChI=1S/C21H27N3O4/c1-5-17(25)22-14-8-10-23(11-9-14)18(26)13-6-7-15-16(12-13)20(28)24(19(15)27)21(2,3)4/h6-7,12,14H,5,8-11H2,1-4H3,(H,22,25). The largest absolute Gasteiger partial charge is 0.353 e. The zero-order valence-electron chi connectivity index (χ0n) is 16.9. The lowest BCUT2D eigenvalue weighted by molar-refractivity contribution is -0.121. The van der Waals surface area contributed by atoms with Crippen LogP contribution >= 0.6 is 0 Å². The summed E-state index contributed by atoms with van der Waals surface area (Å²) in [6.45, 7) is 8.33. The summed E-state index contributed by atoms with van der Waals surface area (Å²) in [6.07, 6.45) is 1.86. The van der Waals surface area contributed by atoms with Gasteiger partial charge >= 0.3 is 0 Å². The SMILES string of the molecule is CCC(=O)NC1CCN(C(=O)c2ccc3c(c2)C(=O)N(C(C)(C)C)C3=O)CC1. The maximum Gasteiger partial charge on any atom is 0.262 e. The monoisotopic (exact) mass is 385 g/mol. The second kappa shape index (κ2) is 7.37. The molecule has 3 rings (SSSR count). The van der Waals surface area contributed by atoms with Crippen LogP contribution in [0.2, 0.25) is 0 Å². The van der Waals surface area contributed by atoms with Crippen molar-refractivity contribution >= 4 is 23.6 Å². The van der Waals surface area contributed by atoms with Gasteiger partial charge < -0.3 is 10.2 Å². The Labute approximate surface area is 165 Å². The Kier molecular flexibility index (Phi) is 5.28. The molecule has 150 valence electrons. The van der Waals surface area contributed by atoms with Crippen LogP contribution in [-0.4, -0.2) is 58.1 Å². The first kappa shape index (κ1) is 20.0. The van der Waals surface area contributed by atoms with E-state index in [2.05, 4.69) is 5.32 Å². The van der Waals surface area contributed by atoms with Gasteiger partial charge in [-0.3, -0.25) is 24.1 Å². The van der Waals surface area contributed by atoms with Crippen molar-refractivity contribution in [2.24, 2.45) is 0 Å². The number of nitrogens with one attached hydrogen (secondary N) is 1. The number of carbonyl (C=O) groups is 4. The third-order valence-corrected chi connectivity index (χ3v) is 5.27. The molecule has 1 saturated heterocycles. The number of hydrogen-bond donors (Lipinski definition) is 1. The Morgan fingerprint density at radius 1 is 1.07 bits per heavy atom. The maximum atomic E-state index is 12.9. The van der Waals surface area contributed by atoms with E-state index < -0.39 is 5.54 Å². The molecule has 0 bridgehead atoms. The van der Waals surface area contributed by atoms with Crippen LogP contribution in [0.1, 0.15) is 78.0 Å². The molecule has 7 heteroatoms. The van der Waals surface area contributed by atoms with Crippen LogP contribution < -0.4 is 5.32 Å². The van der Waals surface area contributed by atoms with Gasteiger partial charge in [-0.2, -0.15) is 0 Å². The van der Waals surface area contributed by atoms with Crippen LogP contribution in [-0.2, 0) is 4.79 Å². The minimum atomic E-state index is -0.623. The quantitative estimate of drug-likeness (QED) is 0.808. The molecule has 0 spiro atoms. The van der Waals surface area contributed by atoms with E-state index >= 15 is 0 Å². The molecule has 0 aromatic heterocycles. The number of carbonyl (C=O) groups excluding carboxylic acids is 4. The Morgan fingerprint density at radius 3 is 2.25 bits per heavy atom. The molecule has 2 heterocycles. The van der Waals surface area contributed by atoms with Gasteiger partial charge in [-0.15, -0.1) is 0 Å². The van der Waals surface area contributed by atoms with Gasteiger partial charge in [0.2, 0.25) is 5.91 Å². The van der Waals surface area contributed by atoms with Crippen LogP contribution in [0, 0.1) is 0 Å². The molecule has 1 fully saturated rings. The fraction of sp³-hybridized carbons (Fsp3) is 0.524. The number of likely N-dealkylation sites (tertiary alicyclic amines) is 1. The number of amides is 4. The van der Waals surface area contributed by atoms with Crippen molar-refractivity contribution in [2.45, 2.75) is 58.5 Å². The average molecular weight is 385 g/mol. The molecule has 2 aliphatic rings. The fourth-order valence-corrected chi connectivity index (χ4v) is 3.72. The number of benzene rings is 1. The van der Waals surface area contributed by atoms with Gasteiger partial charge in [0.25, 0.3) is 17.7 Å². The lowest BCUT2D eigenvalue weighted by Gasteiger charge is -2.32. The minimum absolute atomic E-state index is 0.0231. The van der Waals surface area contributed by atoms with Crippen LogP contribution in [0.15, 0.2) is 18.2 Å². The molecular weight excluding hydrogens is 358 g/mol. The summed E-state index contributed by atoms with van der Waals surface area (Å²) in [5.41, 5.74) is 0.419. The Balaban J connectivity index is 1.73. The molecular formula is C21H27N3O4. The van der Waals surface area contributed by atoms with E-state index in [1.807, 2.05) is 27.7 Å². The van der Waals surface area contributed by atoms with Crippen molar-refractivity contribution in [2.75, 3.05) is 13.1 Å². The summed E-state index contributed by atoms with van der Waals surface area (Å²) in [4.78, 5) is 52.7. The highest BCUT2D eigenvalue weighted by molar-refractivity contribution is 6.22. The molecule has 0 saturated carbocycles. The predicted molar refractivity (Wildman–Crippen MR) is 104 cm³/mol. The number of hydrogen-bond acceptors (Lipinski definition) is 4. The van der Waals surface area contributed by atoms with Crippen LogP contribution in [0.4, 0.5) is 0 Å². The predicted octanol–water partition coefficient (Wildman–Crippen LogP) is 2.21. The summed E-state index contributed by atoms with van der Waals surface area (Å²) < 4.78 is 0. The van der Waals surface area contributed by atoms with Gasteiger partial charge in [-0.05, 0) is 51.8 Å². The number of piperidine rings is 1. The topological polar surface area (TPSA) is 86.8 Å². The highest BCUT2D eigenvalue weighted by Crippen LogP contribution is 2.30. The van der Waals surface area contributed by atoms with Gasteiger partial charge in [-0.1, -0.05) is 6.92 Å². The lowest BCUT2D eigenvalue weighted by atomic mass is 10.0. The second-order valence-corrected chi connectivity index (χ2v) is 8.36. The summed E-state index contributed by atoms with van der Waals surface area (Å²) in [7, 11) is 0. The van der Waals surface area contributed by atoms with Gasteiger partial charge in [0, 0.05) is 36.7 Å². The van der Waals surface area contributed by atoms with Gasteiger partial charge in [0.15, 0.2) is 0 Å². The zero-order chi connectivity index (χ0) is 20.6. The Morgan fingerprint density at radius 2 is 1.68 bits per heavy atom. The number of nitrogens with zero attached hydrogens (tertiary/aromatic N) is 2. The van der Waals surface area contributed by atoms with Crippen molar-refractivity contribution in [1.29, 1.82) is 0 Å². The summed E-state index contributed by atoms with van der Waals surface area (Å²) in [6, 6.07) is 4.82. The van der Waals surface area contributed by atoms with Crippen molar-refractivity contribution in [3.8, 4) is 0 Å². The van der Waals surface area contributed by atoms with Crippen molar-refractivity contribution < 1.29 is 19.2 Å². The summed E-state index contributed by atoms with van der Waals surface area (Å²) in [5.74, 6) is -0.811. The lowest BCUT2D eigenvalue weighted by Crippen LogP contribution is -2.46. The van der Waals surface area contributed by atoms with E-state index in [1.165, 1.54) is 11.0 Å². The molecule has 0 aliphatic carbocycles. The van der Waals surface area contributed by atoms with Crippen molar-refractivity contribution in [3.63, 3.8) is 0 Å². The molecule has 0 unspecified atom stereocenters. The van der Waals surface area contributed by atoms with E-state index in [0.717, 1.165) is 0 Å². The first-order valence-electron chi connectivity index (χ1n) is 9.75. The summed E-state index contributed by atoms with van der Waals surface area (Å²) in [5, 5.41) is 2.97. The van der Waals surface area contributed by atoms with Gasteiger partial charge in [0.1, 0.15) is 0 Å². The van der Waals surface area contributed by atoms with Crippen LogP contribution in [0.25, 0.3) is 0 Å². The molecule has 28 heavy (non-hydrogen) atoms. The number of fused-ring (bicyclic) bond motifs is 1. The van der Waals surface area contributed by atoms with E-state index in [1.54, 1.807) is 17.0 Å². The molecule has 1 aromatic carbocycles. The highest BCUT2D eigenvalue weighted by Gasteiger charge is 2.42. The molecule has 2 aliphatic heterocycles. The van der Waals surface area contributed by atoms with Crippen LogP contribution in [0.3, 0.4) is 0 Å². The average Bonchev–Trinajstić information content (AvgIpc) is 2.91.